The van der Waals surface area contributed by atoms with Gasteiger partial charge in [-0.25, -0.2) is 13.6 Å². The van der Waals surface area contributed by atoms with Crippen LogP contribution in [0, 0.1) is 5.41 Å². The van der Waals surface area contributed by atoms with Gasteiger partial charge in [0.1, 0.15) is 4.90 Å². The Morgan fingerprint density at radius 1 is 1.35 bits per heavy atom. The van der Waals surface area contributed by atoms with Crippen LogP contribution in [0.2, 0.25) is 0 Å². The third kappa shape index (κ3) is 4.99. The molecule has 5 N–H and O–H groups in total. The molecule has 114 valence electrons. The fraction of sp³-hybridized carbons (Fsp3) is 0.538. The molecular formula is C13H23N3O3S. The van der Waals surface area contributed by atoms with E-state index in [9.17, 15) is 8.42 Å². The molecule has 0 amide bonds. The first-order chi connectivity index (χ1) is 9.15. The van der Waals surface area contributed by atoms with E-state index in [4.69, 9.17) is 15.6 Å². The lowest BCUT2D eigenvalue weighted by Crippen LogP contribution is -2.26. The van der Waals surface area contributed by atoms with Crippen LogP contribution in [0.4, 0.5) is 11.4 Å². The van der Waals surface area contributed by atoms with E-state index >= 15 is 0 Å². The van der Waals surface area contributed by atoms with Crippen molar-refractivity contribution in [1.82, 2.24) is 0 Å². The van der Waals surface area contributed by atoms with Gasteiger partial charge in [0.25, 0.3) is 0 Å². The lowest BCUT2D eigenvalue weighted by atomic mass is 9.89. The summed E-state index contributed by atoms with van der Waals surface area (Å²) in [4.78, 5) is 0.0139. The number of rotatable bonds is 7. The highest BCUT2D eigenvalue weighted by Crippen LogP contribution is 2.26. The van der Waals surface area contributed by atoms with Crippen molar-refractivity contribution in [2.75, 3.05) is 31.3 Å². The zero-order valence-corrected chi connectivity index (χ0v) is 13.0. The van der Waals surface area contributed by atoms with E-state index in [-0.39, 0.29) is 10.3 Å². The van der Waals surface area contributed by atoms with Crippen molar-refractivity contribution in [3.63, 3.8) is 0 Å². The first-order valence-corrected chi connectivity index (χ1v) is 7.85. The van der Waals surface area contributed by atoms with Crippen LogP contribution in [-0.4, -0.2) is 28.7 Å². The Kier molecular flexibility index (Phi) is 5.38. The quantitative estimate of drug-likeness (QED) is 0.660. The lowest BCUT2D eigenvalue weighted by Gasteiger charge is -2.25. The van der Waals surface area contributed by atoms with Gasteiger partial charge in [-0.15, -0.1) is 0 Å². The number of hydrogen-bond acceptors (Lipinski definition) is 5. The van der Waals surface area contributed by atoms with Gasteiger partial charge in [0.2, 0.25) is 10.0 Å². The van der Waals surface area contributed by atoms with Crippen molar-refractivity contribution < 1.29 is 13.2 Å². The van der Waals surface area contributed by atoms with Crippen LogP contribution in [0.15, 0.2) is 23.1 Å². The smallest absolute Gasteiger partial charge is 0.240 e. The Hall–Kier alpha value is -1.31. The number of primary sulfonamides is 1. The summed E-state index contributed by atoms with van der Waals surface area (Å²) in [6.45, 7) is 5.40. The summed E-state index contributed by atoms with van der Waals surface area (Å²) in [6, 6.07) is 4.63. The van der Waals surface area contributed by atoms with Crippen LogP contribution in [0.25, 0.3) is 0 Å². The molecule has 0 saturated carbocycles. The molecule has 0 aliphatic carbocycles. The number of ether oxygens (including phenoxy) is 1. The number of nitrogens with one attached hydrogen (secondary N) is 1. The lowest BCUT2D eigenvalue weighted by molar-refractivity contribution is 0.157. The highest BCUT2D eigenvalue weighted by atomic mass is 32.2. The first-order valence-electron chi connectivity index (χ1n) is 6.31. The molecule has 7 heteroatoms. The molecule has 0 aromatic heterocycles. The monoisotopic (exact) mass is 301 g/mol. The van der Waals surface area contributed by atoms with Crippen LogP contribution in [0.3, 0.4) is 0 Å². The van der Waals surface area contributed by atoms with Crippen LogP contribution in [0.5, 0.6) is 0 Å². The Morgan fingerprint density at radius 3 is 2.55 bits per heavy atom. The normalized spacial score (nSPS) is 12.4. The van der Waals surface area contributed by atoms with E-state index in [0.29, 0.717) is 24.5 Å². The maximum Gasteiger partial charge on any atom is 0.240 e. The highest BCUT2D eigenvalue weighted by molar-refractivity contribution is 7.89. The number of nitrogen functional groups attached to an aromatic ring is 1. The molecule has 0 atom stereocenters. The number of nitrogens with two attached hydrogens (primary N) is 2. The number of sulfonamides is 1. The topological polar surface area (TPSA) is 107 Å². The molecule has 0 bridgehead atoms. The molecule has 1 aromatic rings. The SMILES string of the molecule is COCCC(C)(C)CNc1ccc(N)cc1S(N)(=O)=O. The molecular weight excluding hydrogens is 278 g/mol. The second-order valence-corrected chi connectivity index (χ2v) is 7.09. The van der Waals surface area contributed by atoms with Gasteiger partial charge < -0.3 is 15.8 Å². The predicted molar refractivity (Wildman–Crippen MR) is 81.0 cm³/mol. The summed E-state index contributed by atoms with van der Waals surface area (Å²) >= 11 is 0. The van der Waals surface area contributed by atoms with Crippen LogP contribution < -0.4 is 16.2 Å². The molecule has 0 heterocycles. The molecule has 0 aliphatic heterocycles. The van der Waals surface area contributed by atoms with Gasteiger partial charge in [-0.3, -0.25) is 0 Å². The van der Waals surface area contributed by atoms with E-state index < -0.39 is 10.0 Å². The second-order valence-electron chi connectivity index (χ2n) is 5.56. The van der Waals surface area contributed by atoms with E-state index in [0.717, 1.165) is 6.42 Å². The minimum atomic E-state index is -3.81. The maximum atomic E-state index is 11.6. The van der Waals surface area contributed by atoms with E-state index in [2.05, 4.69) is 19.2 Å². The van der Waals surface area contributed by atoms with Gasteiger partial charge in [0.05, 0.1) is 5.69 Å². The minimum Gasteiger partial charge on any atom is -0.399 e. The van der Waals surface area contributed by atoms with Crippen molar-refractivity contribution in [2.45, 2.75) is 25.2 Å². The van der Waals surface area contributed by atoms with Gasteiger partial charge in [-0.2, -0.15) is 0 Å². The molecule has 0 fully saturated rings. The predicted octanol–water partition coefficient (Wildman–Crippen LogP) is 1.39. The standard InChI is InChI=1S/C13H23N3O3S/c1-13(2,6-7-19-3)9-16-11-5-4-10(14)8-12(11)20(15,17)18/h4-5,8,16H,6-7,9,14H2,1-3H3,(H2,15,17,18). The van der Waals surface area contributed by atoms with Crippen molar-refractivity contribution in [2.24, 2.45) is 10.6 Å². The molecule has 1 rings (SSSR count). The largest absolute Gasteiger partial charge is 0.399 e. The Morgan fingerprint density at radius 2 is 2.00 bits per heavy atom. The summed E-state index contributed by atoms with van der Waals surface area (Å²) in [6.07, 6.45) is 0.857. The van der Waals surface area contributed by atoms with Gasteiger partial charge in [0.15, 0.2) is 0 Å². The maximum absolute atomic E-state index is 11.6. The van der Waals surface area contributed by atoms with Gasteiger partial charge >= 0.3 is 0 Å². The van der Waals surface area contributed by atoms with E-state index in [1.807, 2.05) is 0 Å². The molecule has 0 radical (unpaired) electrons. The summed E-state index contributed by atoms with van der Waals surface area (Å²) in [7, 11) is -2.15. The second kappa shape index (κ2) is 6.43. The molecule has 20 heavy (non-hydrogen) atoms. The summed E-state index contributed by atoms with van der Waals surface area (Å²) in [5, 5.41) is 8.33. The van der Waals surface area contributed by atoms with Crippen LogP contribution in [0.1, 0.15) is 20.3 Å². The van der Waals surface area contributed by atoms with Crippen molar-refractivity contribution in [3.8, 4) is 0 Å². The summed E-state index contributed by atoms with van der Waals surface area (Å²) < 4.78 is 28.2. The van der Waals surface area contributed by atoms with E-state index in [1.165, 1.54) is 6.07 Å². The Bertz CT molecular complexity index is 556. The zero-order chi connectivity index (χ0) is 15.4. The number of methoxy groups -OCH3 is 1. The molecule has 0 aliphatic rings. The first kappa shape index (κ1) is 16.7. The summed E-state index contributed by atoms with van der Waals surface area (Å²) in [5.41, 5.74) is 6.40. The highest BCUT2D eigenvalue weighted by Gasteiger charge is 2.20. The number of hydrogen-bond donors (Lipinski definition) is 3. The van der Waals surface area contributed by atoms with E-state index in [1.54, 1.807) is 19.2 Å². The average molecular weight is 301 g/mol. The van der Waals surface area contributed by atoms with Crippen LogP contribution >= 0.6 is 0 Å². The number of anilines is 2. The fourth-order valence-corrected chi connectivity index (χ4v) is 2.47. The molecule has 0 unspecified atom stereocenters. The van der Waals surface area contributed by atoms with Gasteiger partial charge in [-0.05, 0) is 30.0 Å². The molecule has 0 saturated heterocycles. The van der Waals surface area contributed by atoms with Crippen molar-refractivity contribution in [3.05, 3.63) is 18.2 Å². The fourth-order valence-electron chi connectivity index (χ4n) is 1.72. The van der Waals surface area contributed by atoms with Crippen molar-refractivity contribution in [1.29, 1.82) is 0 Å². The molecule has 1 aromatic carbocycles. The number of benzene rings is 1. The zero-order valence-electron chi connectivity index (χ0n) is 12.1. The van der Waals surface area contributed by atoms with Gasteiger partial charge in [0, 0.05) is 25.9 Å². The van der Waals surface area contributed by atoms with Crippen LogP contribution in [-0.2, 0) is 14.8 Å². The van der Waals surface area contributed by atoms with Crippen molar-refractivity contribution >= 4 is 21.4 Å². The summed E-state index contributed by atoms with van der Waals surface area (Å²) in [5.74, 6) is 0. The third-order valence-electron chi connectivity index (χ3n) is 3.05. The average Bonchev–Trinajstić information content (AvgIpc) is 2.34. The molecule has 0 spiro atoms. The Balaban J connectivity index is 2.88. The molecule has 6 nitrogen and oxygen atoms in total. The van der Waals surface area contributed by atoms with Gasteiger partial charge in [-0.1, -0.05) is 13.8 Å². The minimum absolute atomic E-state index is 0.0139. The Labute approximate surface area is 120 Å². The third-order valence-corrected chi connectivity index (χ3v) is 4.00.